The third-order valence-electron chi connectivity index (χ3n) is 2.65. The van der Waals surface area contributed by atoms with Gasteiger partial charge in [0, 0.05) is 9.75 Å². The van der Waals surface area contributed by atoms with Crippen molar-refractivity contribution in [2.45, 2.75) is 20.4 Å². The molecule has 2 aromatic heterocycles. The van der Waals surface area contributed by atoms with E-state index >= 15 is 0 Å². The second kappa shape index (κ2) is 4.41. The summed E-state index contributed by atoms with van der Waals surface area (Å²) in [5, 5.41) is 9.47. The van der Waals surface area contributed by atoms with Crippen LogP contribution in [-0.2, 0) is 6.54 Å². The van der Waals surface area contributed by atoms with E-state index in [1.54, 1.807) is 0 Å². The molecule has 2 aromatic rings. The van der Waals surface area contributed by atoms with Crippen LogP contribution in [0.5, 0.6) is 5.88 Å². The average molecular weight is 270 g/mol. The number of rotatable bonds is 2. The minimum atomic E-state index is -1.35. The van der Waals surface area contributed by atoms with E-state index in [-0.39, 0.29) is 6.54 Å². The zero-order valence-electron chi connectivity index (χ0n) is 9.78. The Kier molecular flexibility index (Phi) is 3.08. The summed E-state index contributed by atoms with van der Waals surface area (Å²) in [5.74, 6) is -2.29. The second-order valence-corrected chi connectivity index (χ2v) is 5.28. The summed E-state index contributed by atoms with van der Waals surface area (Å²) in [6.45, 7) is 3.88. The second-order valence-electron chi connectivity index (χ2n) is 3.93. The summed E-state index contributed by atoms with van der Waals surface area (Å²) >= 11 is 1.45. The molecule has 0 bridgehead atoms. The van der Waals surface area contributed by atoms with E-state index in [1.807, 2.05) is 24.9 Å². The molecule has 18 heavy (non-hydrogen) atoms. The number of hydrogen-bond donors (Lipinski definition) is 2. The van der Waals surface area contributed by atoms with E-state index in [1.165, 1.54) is 11.3 Å². The Morgan fingerprint density at radius 2 is 2.11 bits per heavy atom. The minimum Gasteiger partial charge on any atom is -0.492 e. The topological polar surface area (TPSA) is 75.1 Å². The van der Waals surface area contributed by atoms with E-state index in [9.17, 15) is 19.1 Å². The largest absolute Gasteiger partial charge is 0.492 e. The SMILES string of the molecule is Cc1cc(Cn2c(O)c(F)c(=O)[nH]c2=O)sc1C. The molecule has 96 valence electrons. The molecule has 0 atom stereocenters. The highest BCUT2D eigenvalue weighted by Crippen LogP contribution is 2.22. The van der Waals surface area contributed by atoms with Crippen molar-refractivity contribution in [1.29, 1.82) is 0 Å². The summed E-state index contributed by atoms with van der Waals surface area (Å²) in [7, 11) is 0. The smallest absolute Gasteiger partial charge is 0.331 e. The fourth-order valence-corrected chi connectivity index (χ4v) is 2.61. The fraction of sp³-hybridized carbons (Fsp3) is 0.273. The molecule has 5 nitrogen and oxygen atoms in total. The molecule has 0 radical (unpaired) electrons. The van der Waals surface area contributed by atoms with Gasteiger partial charge in [-0.1, -0.05) is 0 Å². The number of nitrogens with one attached hydrogen (secondary N) is 1. The predicted octanol–water partition coefficient (Wildman–Crippen LogP) is 1.11. The van der Waals surface area contributed by atoms with Crippen molar-refractivity contribution in [2.24, 2.45) is 0 Å². The Labute approximate surface area is 105 Å². The number of aryl methyl sites for hydroxylation is 2. The van der Waals surface area contributed by atoms with Gasteiger partial charge in [0.2, 0.25) is 11.7 Å². The first kappa shape index (κ1) is 12.6. The van der Waals surface area contributed by atoms with Crippen molar-refractivity contribution in [3.8, 4) is 5.88 Å². The van der Waals surface area contributed by atoms with Gasteiger partial charge in [-0.25, -0.2) is 4.79 Å². The van der Waals surface area contributed by atoms with Gasteiger partial charge in [0.1, 0.15) is 0 Å². The van der Waals surface area contributed by atoms with Crippen LogP contribution in [0, 0.1) is 19.7 Å². The molecule has 2 N–H and O–H groups in total. The molecule has 0 aliphatic carbocycles. The first-order chi connectivity index (χ1) is 8.40. The lowest BCUT2D eigenvalue weighted by Crippen LogP contribution is -2.32. The van der Waals surface area contributed by atoms with Gasteiger partial charge in [-0.2, -0.15) is 4.39 Å². The maximum absolute atomic E-state index is 13.2. The molecule has 2 heterocycles. The molecule has 0 saturated heterocycles. The first-order valence-corrected chi connectivity index (χ1v) is 5.99. The van der Waals surface area contributed by atoms with Crippen LogP contribution in [0.2, 0.25) is 0 Å². The highest BCUT2D eigenvalue weighted by atomic mass is 32.1. The Bertz CT molecular complexity index is 695. The maximum Gasteiger partial charge on any atom is 0.331 e. The molecule has 0 amide bonds. The summed E-state index contributed by atoms with van der Waals surface area (Å²) < 4.78 is 14.0. The molecular weight excluding hydrogens is 259 g/mol. The lowest BCUT2D eigenvalue weighted by molar-refractivity contribution is 0.368. The number of aromatic nitrogens is 2. The maximum atomic E-state index is 13.2. The van der Waals surface area contributed by atoms with Crippen LogP contribution in [0.3, 0.4) is 0 Å². The molecule has 0 unspecified atom stereocenters. The number of aromatic amines is 1. The Balaban J connectivity index is 2.50. The molecule has 0 saturated carbocycles. The molecular formula is C11H11FN2O3S. The van der Waals surface area contributed by atoms with Crippen molar-refractivity contribution >= 4 is 11.3 Å². The zero-order chi connectivity index (χ0) is 13.4. The zero-order valence-corrected chi connectivity index (χ0v) is 10.6. The summed E-state index contributed by atoms with van der Waals surface area (Å²) in [6, 6.07) is 1.86. The summed E-state index contributed by atoms with van der Waals surface area (Å²) in [5.41, 5.74) is -0.984. The molecule has 0 fully saturated rings. The van der Waals surface area contributed by atoms with Gasteiger partial charge in [-0.15, -0.1) is 11.3 Å². The highest BCUT2D eigenvalue weighted by molar-refractivity contribution is 7.12. The molecule has 0 aromatic carbocycles. The van der Waals surface area contributed by atoms with E-state index in [0.717, 1.165) is 19.9 Å². The van der Waals surface area contributed by atoms with Crippen molar-refractivity contribution in [3.05, 3.63) is 48.0 Å². The Morgan fingerprint density at radius 3 is 2.67 bits per heavy atom. The van der Waals surface area contributed by atoms with Gasteiger partial charge in [0.25, 0.3) is 5.56 Å². The quantitative estimate of drug-likeness (QED) is 0.858. The van der Waals surface area contributed by atoms with Crippen LogP contribution >= 0.6 is 11.3 Å². The van der Waals surface area contributed by atoms with Crippen LogP contribution in [0.15, 0.2) is 15.7 Å². The van der Waals surface area contributed by atoms with Gasteiger partial charge in [0.15, 0.2) is 0 Å². The predicted molar refractivity (Wildman–Crippen MR) is 65.8 cm³/mol. The van der Waals surface area contributed by atoms with Crippen molar-refractivity contribution < 1.29 is 9.50 Å². The van der Waals surface area contributed by atoms with E-state index in [0.29, 0.717) is 0 Å². The van der Waals surface area contributed by atoms with Gasteiger partial charge in [-0.3, -0.25) is 14.3 Å². The van der Waals surface area contributed by atoms with Gasteiger partial charge in [0.05, 0.1) is 6.54 Å². The molecule has 7 heteroatoms. The molecule has 0 spiro atoms. The monoisotopic (exact) mass is 270 g/mol. The third-order valence-corrected chi connectivity index (χ3v) is 3.79. The summed E-state index contributed by atoms with van der Waals surface area (Å²) in [6.07, 6.45) is 0. The van der Waals surface area contributed by atoms with Gasteiger partial charge < -0.3 is 5.11 Å². The fourth-order valence-electron chi connectivity index (χ4n) is 1.57. The Morgan fingerprint density at radius 1 is 1.44 bits per heavy atom. The third kappa shape index (κ3) is 2.08. The summed E-state index contributed by atoms with van der Waals surface area (Å²) in [4.78, 5) is 26.1. The standard InChI is InChI=1S/C11H11FN2O3S/c1-5-3-7(18-6(5)2)4-14-10(16)8(12)9(15)13-11(14)17/h3,16H,4H2,1-2H3,(H,13,15,17). The average Bonchev–Trinajstić information content (AvgIpc) is 2.61. The number of halogens is 1. The first-order valence-electron chi connectivity index (χ1n) is 5.17. The van der Waals surface area contributed by atoms with E-state index in [4.69, 9.17) is 0 Å². The van der Waals surface area contributed by atoms with Crippen molar-refractivity contribution in [2.75, 3.05) is 0 Å². The number of aromatic hydroxyl groups is 1. The number of thiophene rings is 1. The van der Waals surface area contributed by atoms with Gasteiger partial charge >= 0.3 is 5.69 Å². The molecule has 2 rings (SSSR count). The number of H-pyrrole nitrogens is 1. The van der Waals surface area contributed by atoms with E-state index in [2.05, 4.69) is 0 Å². The van der Waals surface area contributed by atoms with E-state index < -0.39 is 22.9 Å². The van der Waals surface area contributed by atoms with Crippen LogP contribution < -0.4 is 11.2 Å². The van der Waals surface area contributed by atoms with Crippen LogP contribution in [0.1, 0.15) is 15.3 Å². The lowest BCUT2D eigenvalue weighted by Gasteiger charge is -2.06. The minimum absolute atomic E-state index is 0.0255. The van der Waals surface area contributed by atoms with Crippen LogP contribution in [-0.4, -0.2) is 14.7 Å². The van der Waals surface area contributed by atoms with Crippen molar-refractivity contribution in [1.82, 2.24) is 9.55 Å². The van der Waals surface area contributed by atoms with Gasteiger partial charge in [-0.05, 0) is 25.5 Å². The number of nitrogens with zero attached hydrogens (tertiary/aromatic N) is 1. The number of hydrogen-bond acceptors (Lipinski definition) is 4. The molecule has 0 aliphatic rings. The molecule has 0 aliphatic heterocycles. The normalized spacial score (nSPS) is 10.8. The van der Waals surface area contributed by atoms with Crippen LogP contribution in [0.25, 0.3) is 0 Å². The van der Waals surface area contributed by atoms with Crippen molar-refractivity contribution in [3.63, 3.8) is 0 Å². The highest BCUT2D eigenvalue weighted by Gasteiger charge is 2.14. The van der Waals surface area contributed by atoms with Crippen LogP contribution in [0.4, 0.5) is 4.39 Å². The Hall–Kier alpha value is -1.89. The lowest BCUT2D eigenvalue weighted by atomic mass is 10.3.